The number of hydrogen-bond acceptors (Lipinski definition) is 3. The lowest BCUT2D eigenvalue weighted by Gasteiger charge is -2.18. The molecule has 0 saturated carbocycles. The molecule has 0 unspecified atom stereocenters. The Labute approximate surface area is 110 Å². The van der Waals surface area contributed by atoms with Gasteiger partial charge in [0.25, 0.3) is 0 Å². The van der Waals surface area contributed by atoms with E-state index in [1.54, 1.807) is 11.9 Å². The van der Waals surface area contributed by atoms with Gasteiger partial charge in [-0.2, -0.15) is 0 Å². The van der Waals surface area contributed by atoms with Gasteiger partial charge in [-0.25, -0.2) is 0 Å². The fraction of sp³-hybridized carbons (Fsp3) is 0.714. The Hall–Kier alpha value is -0.570. The van der Waals surface area contributed by atoms with Crippen LogP contribution in [0.15, 0.2) is 22.4 Å². The molecule has 0 atom stereocenters. The van der Waals surface area contributed by atoms with Crippen LogP contribution in [0.1, 0.15) is 65.2 Å². The quantitative estimate of drug-likeness (QED) is 0.496. The molecule has 0 aliphatic carbocycles. The van der Waals surface area contributed by atoms with E-state index in [1.165, 1.54) is 55.4 Å². The largest absolute Gasteiger partial charge is 0.385 e. The molecule has 0 fully saturated rings. The SMILES string of the molecule is CCCCCC1=CC(CCCCC)=C(N)NS1. The first-order chi connectivity index (χ1) is 8.27. The van der Waals surface area contributed by atoms with E-state index in [9.17, 15) is 0 Å². The third-order valence-electron chi connectivity index (χ3n) is 3.05. The van der Waals surface area contributed by atoms with Crippen molar-refractivity contribution < 1.29 is 0 Å². The molecule has 0 amide bonds. The molecule has 1 aliphatic heterocycles. The van der Waals surface area contributed by atoms with Gasteiger partial charge in [0.15, 0.2) is 0 Å². The van der Waals surface area contributed by atoms with Crippen LogP contribution in [0.4, 0.5) is 0 Å². The van der Waals surface area contributed by atoms with Crippen molar-refractivity contribution in [2.75, 3.05) is 0 Å². The van der Waals surface area contributed by atoms with Crippen LogP contribution >= 0.6 is 11.9 Å². The fourth-order valence-corrected chi connectivity index (χ4v) is 2.75. The van der Waals surface area contributed by atoms with Crippen LogP contribution in [0.25, 0.3) is 0 Å². The van der Waals surface area contributed by atoms with Crippen molar-refractivity contribution in [1.29, 1.82) is 0 Å². The lowest BCUT2D eigenvalue weighted by Crippen LogP contribution is -2.18. The summed E-state index contributed by atoms with van der Waals surface area (Å²) >= 11 is 1.69. The fourth-order valence-electron chi connectivity index (χ4n) is 1.93. The summed E-state index contributed by atoms with van der Waals surface area (Å²) in [5, 5.41) is 0. The van der Waals surface area contributed by atoms with Crippen molar-refractivity contribution in [3.05, 3.63) is 22.4 Å². The van der Waals surface area contributed by atoms with E-state index < -0.39 is 0 Å². The highest BCUT2D eigenvalue weighted by Crippen LogP contribution is 2.28. The molecule has 0 aromatic heterocycles. The third kappa shape index (κ3) is 5.53. The molecule has 17 heavy (non-hydrogen) atoms. The second-order valence-electron chi connectivity index (χ2n) is 4.67. The third-order valence-corrected chi connectivity index (χ3v) is 3.96. The van der Waals surface area contributed by atoms with Crippen LogP contribution in [0, 0.1) is 0 Å². The first-order valence-electron chi connectivity index (χ1n) is 6.90. The number of rotatable bonds is 8. The van der Waals surface area contributed by atoms with Crippen LogP contribution in [-0.4, -0.2) is 0 Å². The van der Waals surface area contributed by atoms with Crippen molar-refractivity contribution in [1.82, 2.24) is 4.72 Å². The van der Waals surface area contributed by atoms with Crippen molar-refractivity contribution in [2.24, 2.45) is 5.73 Å². The number of nitrogens with two attached hydrogens (primary N) is 1. The van der Waals surface area contributed by atoms with Gasteiger partial charge in [-0.05, 0) is 49.3 Å². The molecule has 98 valence electrons. The van der Waals surface area contributed by atoms with Crippen LogP contribution in [-0.2, 0) is 0 Å². The average molecular weight is 254 g/mol. The maximum Gasteiger partial charge on any atom is 0.110 e. The average Bonchev–Trinajstić information content (AvgIpc) is 2.33. The minimum Gasteiger partial charge on any atom is -0.385 e. The van der Waals surface area contributed by atoms with E-state index in [-0.39, 0.29) is 0 Å². The van der Waals surface area contributed by atoms with Gasteiger partial charge in [-0.1, -0.05) is 39.5 Å². The van der Waals surface area contributed by atoms with Crippen LogP contribution < -0.4 is 10.5 Å². The maximum absolute atomic E-state index is 5.98. The van der Waals surface area contributed by atoms with Gasteiger partial charge in [0.05, 0.1) is 0 Å². The molecule has 0 saturated heterocycles. The van der Waals surface area contributed by atoms with Gasteiger partial charge in [-0.3, -0.25) is 0 Å². The summed E-state index contributed by atoms with van der Waals surface area (Å²) in [6.45, 7) is 4.48. The maximum atomic E-state index is 5.98. The Morgan fingerprint density at radius 1 is 1.06 bits per heavy atom. The molecule has 2 nitrogen and oxygen atoms in total. The van der Waals surface area contributed by atoms with Crippen molar-refractivity contribution in [3.8, 4) is 0 Å². The minimum absolute atomic E-state index is 0.866. The molecule has 1 aliphatic rings. The van der Waals surface area contributed by atoms with Gasteiger partial charge in [0.1, 0.15) is 5.82 Å². The monoisotopic (exact) mass is 254 g/mol. The molecule has 0 spiro atoms. The van der Waals surface area contributed by atoms with Crippen molar-refractivity contribution in [2.45, 2.75) is 65.2 Å². The zero-order valence-corrected chi connectivity index (χ0v) is 12.0. The normalized spacial score (nSPS) is 15.8. The predicted octanol–water partition coefficient (Wildman–Crippen LogP) is 4.45. The zero-order valence-electron chi connectivity index (χ0n) is 11.2. The summed E-state index contributed by atoms with van der Waals surface area (Å²) < 4.78 is 3.24. The summed E-state index contributed by atoms with van der Waals surface area (Å²) in [6, 6.07) is 0. The van der Waals surface area contributed by atoms with E-state index in [0.29, 0.717) is 0 Å². The van der Waals surface area contributed by atoms with Crippen molar-refractivity contribution >= 4 is 11.9 Å². The Kier molecular flexibility index (Phi) is 7.25. The van der Waals surface area contributed by atoms with Gasteiger partial charge in [0, 0.05) is 4.91 Å². The smallest absolute Gasteiger partial charge is 0.110 e. The Bertz CT molecular complexity index is 282. The molecular weight excluding hydrogens is 228 g/mol. The Balaban J connectivity index is 2.43. The second kappa shape index (κ2) is 8.51. The predicted molar refractivity (Wildman–Crippen MR) is 78.3 cm³/mol. The molecule has 1 heterocycles. The Morgan fingerprint density at radius 2 is 1.71 bits per heavy atom. The summed E-state index contributed by atoms with van der Waals surface area (Å²) in [5.74, 6) is 0.866. The number of nitrogens with one attached hydrogen (secondary N) is 1. The topological polar surface area (TPSA) is 38.0 Å². The highest BCUT2D eigenvalue weighted by molar-refractivity contribution is 8.01. The van der Waals surface area contributed by atoms with E-state index in [4.69, 9.17) is 5.73 Å². The van der Waals surface area contributed by atoms with Gasteiger partial charge < -0.3 is 10.5 Å². The lowest BCUT2D eigenvalue weighted by atomic mass is 10.1. The van der Waals surface area contributed by atoms with E-state index in [1.807, 2.05) is 0 Å². The number of unbranched alkanes of at least 4 members (excludes halogenated alkanes) is 4. The van der Waals surface area contributed by atoms with Crippen LogP contribution in [0.2, 0.25) is 0 Å². The van der Waals surface area contributed by atoms with Crippen molar-refractivity contribution in [3.63, 3.8) is 0 Å². The molecule has 3 heteroatoms. The molecule has 0 bridgehead atoms. The molecule has 0 aromatic carbocycles. The number of allylic oxidation sites excluding steroid dienone is 3. The first kappa shape index (κ1) is 14.5. The molecular formula is C14H26N2S. The van der Waals surface area contributed by atoms with E-state index >= 15 is 0 Å². The summed E-state index contributed by atoms with van der Waals surface area (Å²) in [6.07, 6.45) is 12.3. The summed E-state index contributed by atoms with van der Waals surface area (Å²) in [5.41, 5.74) is 7.29. The first-order valence-corrected chi connectivity index (χ1v) is 7.71. The molecule has 3 N–H and O–H groups in total. The van der Waals surface area contributed by atoms with Gasteiger partial charge in [-0.15, -0.1) is 0 Å². The lowest BCUT2D eigenvalue weighted by molar-refractivity contribution is 0.708. The molecule has 1 rings (SSSR count). The van der Waals surface area contributed by atoms with Gasteiger partial charge >= 0.3 is 0 Å². The van der Waals surface area contributed by atoms with Crippen LogP contribution in [0.3, 0.4) is 0 Å². The highest BCUT2D eigenvalue weighted by Gasteiger charge is 2.10. The minimum atomic E-state index is 0.866. The standard InChI is InChI=1S/C14H26N2S/c1-3-5-7-9-12-11-13(10-8-6-4-2)17-16-14(12)15/h11,16H,3-10,15H2,1-2H3. The summed E-state index contributed by atoms with van der Waals surface area (Å²) in [4.78, 5) is 1.44. The Morgan fingerprint density at radius 3 is 2.35 bits per heavy atom. The van der Waals surface area contributed by atoms with Gasteiger partial charge in [0.2, 0.25) is 0 Å². The van der Waals surface area contributed by atoms with E-state index in [0.717, 1.165) is 12.2 Å². The summed E-state index contributed by atoms with van der Waals surface area (Å²) in [7, 11) is 0. The van der Waals surface area contributed by atoms with Crippen LogP contribution in [0.5, 0.6) is 0 Å². The zero-order chi connectivity index (χ0) is 12.5. The van der Waals surface area contributed by atoms with E-state index in [2.05, 4.69) is 24.6 Å². The highest BCUT2D eigenvalue weighted by atomic mass is 32.2. The molecule has 0 aromatic rings. The second-order valence-corrected chi connectivity index (χ2v) is 5.60. The number of hydrogen-bond donors (Lipinski definition) is 2. The molecule has 0 radical (unpaired) electrons.